The standard InChI is InChI=1S/C14H22.3C2H6/c1-5-11-14(3,4)13-10-8-7-9-12(13)6-2;3*1-2/h7-10H,5-6,11H2,1-4H3;3*1-2H3. The van der Waals surface area contributed by atoms with Crippen LogP contribution in [0, 0.1) is 0 Å². The van der Waals surface area contributed by atoms with Crippen LogP contribution in [-0.2, 0) is 11.8 Å². The molecule has 0 spiro atoms. The Morgan fingerprint density at radius 2 is 1.25 bits per heavy atom. The van der Waals surface area contributed by atoms with Gasteiger partial charge in [0.2, 0.25) is 0 Å². The van der Waals surface area contributed by atoms with Gasteiger partial charge in [-0.15, -0.1) is 0 Å². The summed E-state index contributed by atoms with van der Waals surface area (Å²) in [6.45, 7) is 21.2. The van der Waals surface area contributed by atoms with Gasteiger partial charge in [0, 0.05) is 0 Å². The molecule has 0 atom stereocenters. The first kappa shape index (κ1) is 24.3. The molecule has 0 bridgehead atoms. The van der Waals surface area contributed by atoms with Gasteiger partial charge in [0.05, 0.1) is 0 Å². The zero-order chi connectivity index (χ0) is 16.6. The molecule has 0 radical (unpaired) electrons. The van der Waals surface area contributed by atoms with Crippen LogP contribution in [0.25, 0.3) is 0 Å². The Hall–Kier alpha value is -0.780. The highest BCUT2D eigenvalue weighted by Gasteiger charge is 2.21. The molecule has 120 valence electrons. The molecule has 0 aliphatic heterocycles. The van der Waals surface area contributed by atoms with E-state index in [2.05, 4.69) is 52.0 Å². The van der Waals surface area contributed by atoms with E-state index >= 15 is 0 Å². The Morgan fingerprint density at radius 3 is 1.65 bits per heavy atom. The molecule has 0 nitrogen and oxygen atoms in total. The molecule has 0 saturated heterocycles. The maximum atomic E-state index is 2.35. The molecule has 0 N–H and O–H groups in total. The van der Waals surface area contributed by atoms with Crippen LogP contribution in [0.2, 0.25) is 0 Å². The van der Waals surface area contributed by atoms with Crippen molar-refractivity contribution in [3.63, 3.8) is 0 Å². The second-order valence-electron chi connectivity index (χ2n) is 4.64. The van der Waals surface area contributed by atoms with E-state index in [1.165, 1.54) is 24.0 Å². The van der Waals surface area contributed by atoms with Crippen molar-refractivity contribution in [1.29, 1.82) is 0 Å². The molecule has 1 aromatic rings. The Labute approximate surface area is 130 Å². The van der Waals surface area contributed by atoms with Gasteiger partial charge in [-0.1, -0.05) is 99.9 Å². The summed E-state index contributed by atoms with van der Waals surface area (Å²) >= 11 is 0. The number of aryl methyl sites for hydroxylation is 1. The average Bonchev–Trinajstić information content (AvgIpc) is 2.53. The topological polar surface area (TPSA) is 0 Å². The predicted molar refractivity (Wildman–Crippen MR) is 97.8 cm³/mol. The summed E-state index contributed by atoms with van der Waals surface area (Å²) in [5, 5.41) is 0. The lowest BCUT2D eigenvalue weighted by Gasteiger charge is -2.27. The molecular weight excluding hydrogens is 240 g/mol. The van der Waals surface area contributed by atoms with E-state index in [9.17, 15) is 0 Å². The maximum absolute atomic E-state index is 2.35. The van der Waals surface area contributed by atoms with Crippen LogP contribution in [0.3, 0.4) is 0 Å². The van der Waals surface area contributed by atoms with E-state index in [0.29, 0.717) is 5.41 Å². The molecule has 1 aromatic carbocycles. The molecule has 0 aliphatic rings. The predicted octanol–water partition coefficient (Wildman–Crippen LogP) is 7.41. The van der Waals surface area contributed by atoms with Crippen molar-refractivity contribution in [3.8, 4) is 0 Å². The van der Waals surface area contributed by atoms with Gasteiger partial charge in [0.25, 0.3) is 0 Å². The highest BCUT2D eigenvalue weighted by Crippen LogP contribution is 2.30. The summed E-state index contributed by atoms with van der Waals surface area (Å²) < 4.78 is 0. The van der Waals surface area contributed by atoms with Crippen LogP contribution in [0.5, 0.6) is 0 Å². The molecule has 0 fully saturated rings. The van der Waals surface area contributed by atoms with E-state index in [1.54, 1.807) is 0 Å². The quantitative estimate of drug-likeness (QED) is 0.538. The van der Waals surface area contributed by atoms with Crippen molar-refractivity contribution in [2.24, 2.45) is 0 Å². The molecule has 20 heavy (non-hydrogen) atoms. The third-order valence-corrected chi connectivity index (χ3v) is 3.00. The molecular formula is C20H40. The summed E-state index contributed by atoms with van der Waals surface area (Å²) in [4.78, 5) is 0. The third kappa shape index (κ3) is 9.18. The maximum Gasteiger partial charge on any atom is -0.0101 e. The van der Waals surface area contributed by atoms with E-state index < -0.39 is 0 Å². The second-order valence-corrected chi connectivity index (χ2v) is 4.64. The minimum Gasteiger partial charge on any atom is -0.0683 e. The van der Waals surface area contributed by atoms with Crippen LogP contribution in [-0.4, -0.2) is 0 Å². The van der Waals surface area contributed by atoms with Gasteiger partial charge in [-0.2, -0.15) is 0 Å². The van der Waals surface area contributed by atoms with Gasteiger partial charge in [0.1, 0.15) is 0 Å². The molecule has 0 aliphatic carbocycles. The largest absolute Gasteiger partial charge is 0.0683 e. The minimum absolute atomic E-state index is 0.335. The van der Waals surface area contributed by atoms with Gasteiger partial charge < -0.3 is 0 Å². The summed E-state index contributed by atoms with van der Waals surface area (Å²) in [6.07, 6.45) is 3.67. The van der Waals surface area contributed by atoms with E-state index in [1.807, 2.05) is 41.5 Å². The van der Waals surface area contributed by atoms with Crippen molar-refractivity contribution in [1.82, 2.24) is 0 Å². The SMILES string of the molecule is CC.CC.CC.CCCC(C)(C)c1ccccc1CC. The normalized spacial score (nSPS) is 9.10. The Bertz CT molecular complexity index is 284. The first-order valence-corrected chi connectivity index (χ1v) is 8.70. The fourth-order valence-corrected chi connectivity index (χ4v) is 2.25. The zero-order valence-corrected chi connectivity index (χ0v) is 15.9. The molecule has 0 heteroatoms. The molecule has 0 heterocycles. The van der Waals surface area contributed by atoms with Gasteiger partial charge in [-0.3, -0.25) is 0 Å². The van der Waals surface area contributed by atoms with Crippen LogP contribution in [0.15, 0.2) is 24.3 Å². The summed E-state index contributed by atoms with van der Waals surface area (Å²) in [7, 11) is 0. The second kappa shape index (κ2) is 16.3. The smallest absolute Gasteiger partial charge is 0.0101 e. The lowest BCUT2D eigenvalue weighted by atomic mass is 9.78. The van der Waals surface area contributed by atoms with Crippen molar-refractivity contribution in [3.05, 3.63) is 35.4 Å². The van der Waals surface area contributed by atoms with Crippen LogP contribution < -0.4 is 0 Å². The van der Waals surface area contributed by atoms with Crippen LogP contribution >= 0.6 is 0 Å². The monoisotopic (exact) mass is 280 g/mol. The van der Waals surface area contributed by atoms with Crippen molar-refractivity contribution < 1.29 is 0 Å². The van der Waals surface area contributed by atoms with Gasteiger partial charge in [-0.05, 0) is 29.4 Å². The summed E-state index contributed by atoms with van der Waals surface area (Å²) in [6, 6.07) is 8.84. The van der Waals surface area contributed by atoms with E-state index in [4.69, 9.17) is 0 Å². The van der Waals surface area contributed by atoms with Gasteiger partial charge >= 0.3 is 0 Å². The fourth-order valence-electron chi connectivity index (χ4n) is 2.25. The Morgan fingerprint density at radius 1 is 0.800 bits per heavy atom. The number of benzene rings is 1. The number of hydrogen-bond donors (Lipinski definition) is 0. The van der Waals surface area contributed by atoms with E-state index in [0.717, 1.165) is 6.42 Å². The molecule has 0 saturated carbocycles. The highest BCUT2D eigenvalue weighted by atomic mass is 14.3. The van der Waals surface area contributed by atoms with Crippen LogP contribution in [0.1, 0.15) is 93.2 Å². The van der Waals surface area contributed by atoms with Crippen LogP contribution in [0.4, 0.5) is 0 Å². The Kier molecular flexibility index (Phi) is 19.7. The summed E-state index contributed by atoms with van der Waals surface area (Å²) in [5.74, 6) is 0. The van der Waals surface area contributed by atoms with E-state index in [-0.39, 0.29) is 0 Å². The molecule has 0 unspecified atom stereocenters. The van der Waals surface area contributed by atoms with Crippen molar-refractivity contribution in [2.45, 2.75) is 93.9 Å². The molecule has 0 amide bonds. The average molecular weight is 281 g/mol. The number of rotatable bonds is 4. The third-order valence-electron chi connectivity index (χ3n) is 3.00. The van der Waals surface area contributed by atoms with Gasteiger partial charge in [-0.25, -0.2) is 0 Å². The van der Waals surface area contributed by atoms with Crippen molar-refractivity contribution in [2.75, 3.05) is 0 Å². The highest BCUT2D eigenvalue weighted by molar-refractivity contribution is 5.33. The first-order valence-electron chi connectivity index (χ1n) is 8.70. The first-order chi connectivity index (χ1) is 9.61. The lowest BCUT2D eigenvalue weighted by Crippen LogP contribution is -2.18. The number of hydrogen-bond acceptors (Lipinski definition) is 0. The van der Waals surface area contributed by atoms with Crippen molar-refractivity contribution >= 4 is 0 Å². The van der Waals surface area contributed by atoms with Gasteiger partial charge in [0.15, 0.2) is 0 Å². The Balaban J connectivity index is -0.000000425. The lowest BCUT2D eigenvalue weighted by molar-refractivity contribution is 0.469. The molecule has 0 aromatic heterocycles. The zero-order valence-electron chi connectivity index (χ0n) is 15.9. The molecule has 1 rings (SSSR count). The summed E-state index contributed by atoms with van der Waals surface area (Å²) in [5.41, 5.74) is 3.37. The fraction of sp³-hybridized carbons (Fsp3) is 0.700. The minimum atomic E-state index is 0.335.